The Morgan fingerprint density at radius 3 is 2.48 bits per heavy atom. The number of rotatable bonds is 7. The maximum Gasteiger partial charge on any atom is 0.254 e. The summed E-state index contributed by atoms with van der Waals surface area (Å²) >= 11 is 1.75. The molecule has 0 spiro atoms. The zero-order chi connectivity index (χ0) is 23.4. The van der Waals surface area contributed by atoms with E-state index in [1.165, 1.54) is 10.4 Å². The van der Waals surface area contributed by atoms with Crippen LogP contribution in [0.15, 0.2) is 60.0 Å². The molecule has 0 aliphatic carbocycles. The molecule has 2 amide bonds. The van der Waals surface area contributed by atoms with E-state index in [2.05, 4.69) is 30.5 Å². The Labute approximate surface area is 199 Å². The smallest absolute Gasteiger partial charge is 0.254 e. The Morgan fingerprint density at radius 1 is 1.03 bits per heavy atom. The molecular weight excluding hydrogens is 432 g/mol. The number of aryl methyl sites for hydroxylation is 2. The molecule has 2 heterocycles. The molecule has 6 heteroatoms. The highest BCUT2D eigenvalue weighted by Crippen LogP contribution is 2.39. The summed E-state index contributed by atoms with van der Waals surface area (Å²) in [5, 5.41) is 2.11. The van der Waals surface area contributed by atoms with Gasteiger partial charge in [-0.3, -0.25) is 9.59 Å². The highest BCUT2D eigenvalue weighted by molar-refractivity contribution is 7.10. The molecule has 0 saturated heterocycles. The molecule has 2 aromatic carbocycles. The van der Waals surface area contributed by atoms with Gasteiger partial charge in [0.2, 0.25) is 5.91 Å². The Hall–Kier alpha value is -2.96. The van der Waals surface area contributed by atoms with E-state index in [0.29, 0.717) is 25.3 Å². The molecule has 1 aromatic heterocycles. The zero-order valence-electron chi connectivity index (χ0n) is 19.4. The largest absolute Gasteiger partial charge is 0.383 e. The number of fused-ring (bicyclic) bond motifs is 1. The third-order valence-corrected chi connectivity index (χ3v) is 7.32. The van der Waals surface area contributed by atoms with Crippen LogP contribution in [-0.2, 0) is 16.0 Å². The fraction of sp³-hybridized carbons (Fsp3) is 0.333. The second-order valence-corrected chi connectivity index (χ2v) is 9.43. The molecule has 0 bridgehead atoms. The molecule has 0 radical (unpaired) electrons. The third-order valence-electron chi connectivity index (χ3n) is 6.32. The summed E-state index contributed by atoms with van der Waals surface area (Å²) in [6, 6.07) is 17.7. The number of hydrogen-bond acceptors (Lipinski definition) is 4. The van der Waals surface area contributed by atoms with Crippen molar-refractivity contribution in [1.82, 2.24) is 9.80 Å². The number of carbonyl (C=O) groups is 2. The minimum Gasteiger partial charge on any atom is -0.383 e. The van der Waals surface area contributed by atoms with Crippen molar-refractivity contribution in [3.05, 3.63) is 92.7 Å². The van der Waals surface area contributed by atoms with Crippen LogP contribution in [0.1, 0.15) is 43.5 Å². The van der Waals surface area contributed by atoms with Gasteiger partial charge in [-0.05, 0) is 60.0 Å². The zero-order valence-corrected chi connectivity index (χ0v) is 20.2. The van der Waals surface area contributed by atoms with Gasteiger partial charge in [-0.15, -0.1) is 11.3 Å². The maximum atomic E-state index is 13.7. The Bertz CT molecular complexity index is 1140. The van der Waals surface area contributed by atoms with Crippen LogP contribution in [0, 0.1) is 13.8 Å². The predicted octanol–water partition coefficient (Wildman–Crippen LogP) is 4.63. The van der Waals surface area contributed by atoms with Crippen molar-refractivity contribution < 1.29 is 14.3 Å². The van der Waals surface area contributed by atoms with E-state index in [1.54, 1.807) is 23.3 Å². The number of thiophene rings is 1. The van der Waals surface area contributed by atoms with Crippen molar-refractivity contribution in [2.75, 3.05) is 33.4 Å². The van der Waals surface area contributed by atoms with Crippen molar-refractivity contribution in [2.24, 2.45) is 0 Å². The second kappa shape index (κ2) is 10.3. The average Bonchev–Trinajstić information content (AvgIpc) is 3.30. The molecule has 0 fully saturated rings. The van der Waals surface area contributed by atoms with Crippen LogP contribution in [-0.4, -0.2) is 55.0 Å². The van der Waals surface area contributed by atoms with E-state index in [9.17, 15) is 9.59 Å². The lowest BCUT2D eigenvalue weighted by Gasteiger charge is -2.38. The minimum absolute atomic E-state index is 0.0262. The topological polar surface area (TPSA) is 49.9 Å². The molecule has 4 rings (SSSR count). The number of nitrogens with zero attached hydrogens (tertiary/aromatic N) is 2. The molecule has 0 saturated carbocycles. The first-order chi connectivity index (χ1) is 16.0. The third kappa shape index (κ3) is 4.87. The molecule has 1 aliphatic heterocycles. The number of ether oxygens (including phenoxy) is 1. The molecule has 1 aliphatic rings. The second-order valence-electron chi connectivity index (χ2n) is 8.43. The van der Waals surface area contributed by atoms with Gasteiger partial charge in [0.1, 0.15) is 6.54 Å². The van der Waals surface area contributed by atoms with Crippen LogP contribution in [0.25, 0.3) is 0 Å². The standard InChI is InChI=1S/C27H30N2O3S/c1-19-8-4-6-10-21(19)26-23-13-17-33-24(23)12-14-29(26)25(30)18-28(15-16-32-3)27(31)22-11-7-5-9-20(22)2/h4-11,13,17,26H,12,14-16,18H2,1-3H3. The van der Waals surface area contributed by atoms with Crippen molar-refractivity contribution in [1.29, 1.82) is 0 Å². The van der Waals surface area contributed by atoms with E-state index in [-0.39, 0.29) is 24.4 Å². The van der Waals surface area contributed by atoms with Gasteiger partial charge in [-0.25, -0.2) is 0 Å². The summed E-state index contributed by atoms with van der Waals surface area (Å²) in [6.07, 6.45) is 0.838. The molecule has 5 nitrogen and oxygen atoms in total. The first-order valence-corrected chi connectivity index (χ1v) is 12.1. The lowest BCUT2D eigenvalue weighted by Crippen LogP contribution is -2.47. The lowest BCUT2D eigenvalue weighted by atomic mass is 9.90. The van der Waals surface area contributed by atoms with Gasteiger partial charge in [0, 0.05) is 30.6 Å². The SMILES string of the molecule is COCCN(CC(=O)N1CCc2sccc2C1c1ccccc1C)C(=O)c1ccccc1C. The summed E-state index contributed by atoms with van der Waals surface area (Å²) < 4.78 is 5.24. The van der Waals surface area contributed by atoms with E-state index >= 15 is 0 Å². The predicted molar refractivity (Wildman–Crippen MR) is 132 cm³/mol. The molecule has 33 heavy (non-hydrogen) atoms. The van der Waals surface area contributed by atoms with Gasteiger partial charge in [-0.1, -0.05) is 42.5 Å². The summed E-state index contributed by atoms with van der Waals surface area (Å²) in [7, 11) is 1.61. The van der Waals surface area contributed by atoms with E-state index in [4.69, 9.17) is 4.74 Å². The van der Waals surface area contributed by atoms with E-state index in [1.807, 2.05) is 48.2 Å². The van der Waals surface area contributed by atoms with Crippen molar-refractivity contribution >= 4 is 23.2 Å². The van der Waals surface area contributed by atoms with Gasteiger partial charge in [0.25, 0.3) is 5.91 Å². The van der Waals surface area contributed by atoms with Crippen LogP contribution < -0.4 is 0 Å². The molecule has 3 aromatic rings. The first-order valence-electron chi connectivity index (χ1n) is 11.3. The molecule has 172 valence electrons. The van der Waals surface area contributed by atoms with Crippen LogP contribution >= 0.6 is 11.3 Å². The summed E-state index contributed by atoms with van der Waals surface area (Å²) in [4.78, 5) is 32.0. The Kier molecular flexibility index (Phi) is 7.26. The van der Waals surface area contributed by atoms with Crippen LogP contribution in [0.5, 0.6) is 0 Å². The molecule has 0 N–H and O–H groups in total. The Morgan fingerprint density at radius 2 is 1.76 bits per heavy atom. The number of methoxy groups -OCH3 is 1. The van der Waals surface area contributed by atoms with Crippen LogP contribution in [0.2, 0.25) is 0 Å². The lowest BCUT2D eigenvalue weighted by molar-refractivity contribution is -0.134. The summed E-state index contributed by atoms with van der Waals surface area (Å²) in [5.74, 6) is -0.183. The van der Waals surface area contributed by atoms with Gasteiger partial charge in [-0.2, -0.15) is 0 Å². The fourth-order valence-corrected chi connectivity index (χ4v) is 5.41. The first kappa shape index (κ1) is 23.2. The highest BCUT2D eigenvalue weighted by atomic mass is 32.1. The van der Waals surface area contributed by atoms with Crippen molar-refractivity contribution in [2.45, 2.75) is 26.3 Å². The number of hydrogen-bond donors (Lipinski definition) is 0. The quantitative estimate of drug-likeness (QED) is 0.515. The van der Waals surface area contributed by atoms with Gasteiger partial charge < -0.3 is 14.5 Å². The number of amides is 2. The molecule has 1 unspecified atom stereocenters. The van der Waals surface area contributed by atoms with Gasteiger partial charge in [0.15, 0.2) is 0 Å². The monoisotopic (exact) mass is 462 g/mol. The van der Waals surface area contributed by atoms with E-state index in [0.717, 1.165) is 23.1 Å². The maximum absolute atomic E-state index is 13.7. The van der Waals surface area contributed by atoms with Crippen LogP contribution in [0.4, 0.5) is 0 Å². The van der Waals surface area contributed by atoms with Crippen LogP contribution in [0.3, 0.4) is 0 Å². The minimum atomic E-state index is -0.140. The summed E-state index contributed by atoms with van der Waals surface area (Å²) in [5.41, 5.74) is 5.01. The van der Waals surface area contributed by atoms with Gasteiger partial charge >= 0.3 is 0 Å². The van der Waals surface area contributed by atoms with Crippen molar-refractivity contribution in [3.8, 4) is 0 Å². The normalized spacial score (nSPS) is 15.2. The highest BCUT2D eigenvalue weighted by Gasteiger charge is 2.34. The number of benzene rings is 2. The molecule has 1 atom stereocenters. The summed E-state index contributed by atoms with van der Waals surface area (Å²) in [6.45, 7) is 5.41. The number of carbonyl (C=O) groups excluding carboxylic acids is 2. The Balaban J connectivity index is 1.63. The molecular formula is C27H30N2O3S. The van der Waals surface area contributed by atoms with E-state index < -0.39 is 0 Å². The van der Waals surface area contributed by atoms with Gasteiger partial charge in [0.05, 0.1) is 12.6 Å². The average molecular weight is 463 g/mol. The van der Waals surface area contributed by atoms with Crippen molar-refractivity contribution in [3.63, 3.8) is 0 Å². The fourth-order valence-electron chi connectivity index (χ4n) is 4.51.